The molecule has 1 aliphatic heterocycles. The Bertz CT molecular complexity index is 995. The monoisotopic (exact) mass is 439 g/mol. The van der Waals surface area contributed by atoms with Gasteiger partial charge in [0.25, 0.3) is 0 Å². The van der Waals surface area contributed by atoms with Crippen LogP contribution >= 0.6 is 11.8 Å². The number of methoxy groups -OCH3 is 1. The number of hydrogen-bond donors (Lipinski definition) is 0. The van der Waals surface area contributed by atoms with Crippen molar-refractivity contribution in [3.63, 3.8) is 0 Å². The lowest BCUT2D eigenvalue weighted by atomic mass is 9.93. The Kier molecular flexibility index (Phi) is 7.09. The van der Waals surface area contributed by atoms with Crippen molar-refractivity contribution in [1.82, 2.24) is 25.1 Å². The summed E-state index contributed by atoms with van der Waals surface area (Å²) in [4.78, 5) is 2.39. The van der Waals surface area contributed by atoms with Crippen molar-refractivity contribution in [2.24, 2.45) is 0 Å². The molecule has 0 saturated heterocycles. The SMILES string of the molecule is CCCCOc1cc2c(cc1OC)C(CSc1nnnn1-c1ccccc1)N(C)CC2. The van der Waals surface area contributed by atoms with Crippen LogP contribution in [0, 0.1) is 0 Å². The van der Waals surface area contributed by atoms with E-state index in [4.69, 9.17) is 9.47 Å². The fourth-order valence-electron chi connectivity index (χ4n) is 3.80. The first kappa shape index (κ1) is 21.6. The first-order valence-electron chi connectivity index (χ1n) is 10.7. The number of hydrogen-bond acceptors (Lipinski definition) is 7. The van der Waals surface area contributed by atoms with E-state index in [1.807, 2.05) is 30.3 Å². The molecule has 0 amide bonds. The number of unbranched alkanes of at least 4 members (excludes halogenated alkanes) is 1. The first-order valence-corrected chi connectivity index (χ1v) is 11.7. The summed E-state index contributed by atoms with van der Waals surface area (Å²) in [7, 11) is 3.88. The fourth-order valence-corrected chi connectivity index (χ4v) is 4.90. The van der Waals surface area contributed by atoms with Crippen LogP contribution in [0.1, 0.15) is 36.9 Å². The number of para-hydroxylation sites is 1. The maximum Gasteiger partial charge on any atom is 0.214 e. The van der Waals surface area contributed by atoms with Crippen LogP contribution in [-0.4, -0.2) is 58.2 Å². The second-order valence-electron chi connectivity index (χ2n) is 7.67. The molecule has 0 N–H and O–H groups in total. The van der Waals surface area contributed by atoms with Gasteiger partial charge in [0.05, 0.1) is 19.4 Å². The van der Waals surface area contributed by atoms with Crippen LogP contribution in [0.4, 0.5) is 0 Å². The number of nitrogens with zero attached hydrogens (tertiary/aromatic N) is 5. The maximum atomic E-state index is 6.01. The topological polar surface area (TPSA) is 65.3 Å². The molecule has 8 heteroatoms. The molecule has 2 heterocycles. The summed E-state index contributed by atoms with van der Waals surface area (Å²) in [5, 5.41) is 13.1. The summed E-state index contributed by atoms with van der Waals surface area (Å²) in [6.07, 6.45) is 3.15. The average molecular weight is 440 g/mol. The predicted molar refractivity (Wildman–Crippen MR) is 122 cm³/mol. The molecule has 1 atom stereocenters. The number of benzene rings is 2. The minimum atomic E-state index is 0.244. The zero-order valence-corrected chi connectivity index (χ0v) is 19.1. The fraction of sp³-hybridized carbons (Fsp3) is 0.435. The third-order valence-corrected chi connectivity index (χ3v) is 6.61. The molecule has 0 bridgehead atoms. The van der Waals surface area contributed by atoms with Crippen LogP contribution < -0.4 is 9.47 Å². The third kappa shape index (κ3) is 4.85. The molecule has 1 aliphatic rings. The minimum absolute atomic E-state index is 0.244. The Morgan fingerprint density at radius 3 is 2.77 bits per heavy atom. The number of fused-ring (bicyclic) bond motifs is 1. The summed E-state index contributed by atoms with van der Waals surface area (Å²) >= 11 is 1.67. The zero-order valence-electron chi connectivity index (χ0n) is 18.3. The van der Waals surface area contributed by atoms with Gasteiger partial charge in [0.2, 0.25) is 5.16 Å². The van der Waals surface area contributed by atoms with Gasteiger partial charge in [0.15, 0.2) is 11.5 Å². The van der Waals surface area contributed by atoms with E-state index in [1.165, 1.54) is 11.1 Å². The van der Waals surface area contributed by atoms with Crippen molar-refractivity contribution in [2.45, 2.75) is 37.4 Å². The predicted octanol–water partition coefficient (Wildman–Crippen LogP) is 4.17. The van der Waals surface area contributed by atoms with Gasteiger partial charge in [0, 0.05) is 18.3 Å². The molecule has 4 rings (SSSR count). The molecule has 7 nitrogen and oxygen atoms in total. The van der Waals surface area contributed by atoms with E-state index < -0.39 is 0 Å². The molecule has 164 valence electrons. The van der Waals surface area contributed by atoms with E-state index in [0.29, 0.717) is 6.61 Å². The van der Waals surface area contributed by atoms with Crippen molar-refractivity contribution < 1.29 is 9.47 Å². The molecule has 3 aromatic rings. The molecule has 2 aromatic carbocycles. The van der Waals surface area contributed by atoms with Crippen LogP contribution in [0.25, 0.3) is 5.69 Å². The quantitative estimate of drug-likeness (QED) is 0.366. The summed E-state index contributed by atoms with van der Waals surface area (Å²) in [6, 6.07) is 14.5. The van der Waals surface area contributed by atoms with Crippen LogP contribution in [0.15, 0.2) is 47.6 Å². The molecule has 0 spiro atoms. The molecule has 0 aliphatic carbocycles. The smallest absolute Gasteiger partial charge is 0.214 e. The van der Waals surface area contributed by atoms with E-state index in [0.717, 1.165) is 53.9 Å². The van der Waals surface area contributed by atoms with E-state index in [-0.39, 0.29) is 6.04 Å². The highest BCUT2D eigenvalue weighted by Gasteiger charge is 2.28. The number of ether oxygens (including phenoxy) is 2. The summed E-state index contributed by atoms with van der Waals surface area (Å²) in [5.41, 5.74) is 3.58. The van der Waals surface area contributed by atoms with Crippen molar-refractivity contribution >= 4 is 11.8 Å². The van der Waals surface area contributed by atoms with E-state index >= 15 is 0 Å². The molecule has 1 aromatic heterocycles. The number of aromatic nitrogens is 4. The van der Waals surface area contributed by atoms with Crippen LogP contribution in [0.5, 0.6) is 11.5 Å². The van der Waals surface area contributed by atoms with Crippen LogP contribution in [0.3, 0.4) is 0 Å². The molecule has 0 saturated carbocycles. The van der Waals surface area contributed by atoms with E-state index in [1.54, 1.807) is 23.6 Å². The first-order chi connectivity index (χ1) is 15.2. The summed E-state index contributed by atoms with van der Waals surface area (Å²) in [5.74, 6) is 2.49. The average Bonchev–Trinajstić information content (AvgIpc) is 3.27. The van der Waals surface area contributed by atoms with Gasteiger partial charge in [-0.15, -0.1) is 5.10 Å². The van der Waals surface area contributed by atoms with E-state index in [9.17, 15) is 0 Å². The van der Waals surface area contributed by atoms with Gasteiger partial charge >= 0.3 is 0 Å². The van der Waals surface area contributed by atoms with Gasteiger partial charge in [0.1, 0.15) is 0 Å². The van der Waals surface area contributed by atoms with Gasteiger partial charge in [-0.2, -0.15) is 4.68 Å². The largest absolute Gasteiger partial charge is 0.493 e. The lowest BCUT2D eigenvalue weighted by molar-refractivity contribution is 0.247. The second-order valence-corrected chi connectivity index (χ2v) is 8.66. The summed E-state index contributed by atoms with van der Waals surface area (Å²) in [6.45, 7) is 3.88. The van der Waals surface area contributed by atoms with Gasteiger partial charge in [-0.05, 0) is 65.7 Å². The van der Waals surface area contributed by atoms with Crippen molar-refractivity contribution in [1.29, 1.82) is 0 Å². The van der Waals surface area contributed by atoms with Gasteiger partial charge in [-0.1, -0.05) is 43.3 Å². The maximum absolute atomic E-state index is 6.01. The Morgan fingerprint density at radius 2 is 2.00 bits per heavy atom. The van der Waals surface area contributed by atoms with Crippen molar-refractivity contribution in [3.05, 3.63) is 53.6 Å². The Hall–Kier alpha value is -2.58. The molecule has 0 fully saturated rings. The molecule has 0 radical (unpaired) electrons. The normalized spacial score (nSPS) is 16.2. The molecular formula is C23H29N5O2S. The van der Waals surface area contributed by atoms with Crippen LogP contribution in [0.2, 0.25) is 0 Å². The second kappa shape index (κ2) is 10.2. The van der Waals surface area contributed by atoms with Gasteiger partial charge in [-0.3, -0.25) is 4.90 Å². The lowest BCUT2D eigenvalue weighted by Gasteiger charge is -2.35. The number of likely N-dealkylation sites (N-methyl/N-ethyl adjacent to an activating group) is 1. The molecule has 31 heavy (non-hydrogen) atoms. The lowest BCUT2D eigenvalue weighted by Crippen LogP contribution is -2.33. The number of thioether (sulfide) groups is 1. The Labute approximate surface area is 187 Å². The highest BCUT2D eigenvalue weighted by molar-refractivity contribution is 7.99. The van der Waals surface area contributed by atoms with Gasteiger partial charge < -0.3 is 9.47 Å². The Morgan fingerprint density at radius 1 is 1.16 bits per heavy atom. The minimum Gasteiger partial charge on any atom is -0.493 e. The zero-order chi connectivity index (χ0) is 21.6. The molecule has 1 unspecified atom stereocenters. The molecular weight excluding hydrogens is 410 g/mol. The summed E-state index contributed by atoms with van der Waals surface area (Å²) < 4.78 is 13.5. The standard InChI is InChI=1S/C23H29N5O2S/c1-4-5-13-30-22-14-17-11-12-27(2)20(19(17)15-21(22)29-3)16-31-23-24-25-26-28(23)18-9-7-6-8-10-18/h6-10,14-15,20H,4-5,11-13,16H2,1-3H3. The third-order valence-electron chi connectivity index (χ3n) is 5.62. The number of tetrazole rings is 1. The number of rotatable bonds is 9. The van der Waals surface area contributed by atoms with Gasteiger partial charge in [-0.25, -0.2) is 0 Å². The van der Waals surface area contributed by atoms with Crippen molar-refractivity contribution in [2.75, 3.05) is 33.1 Å². The highest BCUT2D eigenvalue weighted by atomic mass is 32.2. The van der Waals surface area contributed by atoms with E-state index in [2.05, 4.69) is 46.5 Å². The van der Waals surface area contributed by atoms with Crippen LogP contribution in [-0.2, 0) is 6.42 Å². The highest BCUT2D eigenvalue weighted by Crippen LogP contribution is 2.39. The van der Waals surface area contributed by atoms with Crippen molar-refractivity contribution in [3.8, 4) is 17.2 Å². The Balaban J connectivity index is 1.55.